The Hall–Kier alpha value is -3.02. The summed E-state index contributed by atoms with van der Waals surface area (Å²) < 4.78 is 30.6. The second-order valence-electron chi connectivity index (χ2n) is 4.59. The molecule has 0 aromatic heterocycles. The summed E-state index contributed by atoms with van der Waals surface area (Å²) in [5.41, 5.74) is 0.619. The van der Waals surface area contributed by atoms with Crippen molar-refractivity contribution in [1.29, 1.82) is 0 Å². The van der Waals surface area contributed by atoms with E-state index in [2.05, 4.69) is 4.74 Å². The van der Waals surface area contributed by atoms with Crippen molar-refractivity contribution in [1.82, 2.24) is 0 Å². The maximum absolute atomic E-state index is 13.1. The van der Waals surface area contributed by atoms with Crippen molar-refractivity contribution in [2.45, 2.75) is 0 Å². The zero-order valence-corrected chi connectivity index (χ0v) is 12.0. The van der Waals surface area contributed by atoms with Gasteiger partial charge in [-0.25, -0.2) is 13.6 Å². The molecule has 2 aromatic rings. The quantitative estimate of drug-likeness (QED) is 0.533. The number of allylic oxidation sites excluding steroid dienone is 1. The maximum atomic E-state index is 13.1. The summed E-state index contributed by atoms with van der Waals surface area (Å²) in [4.78, 5) is 23.2. The van der Waals surface area contributed by atoms with Crippen LogP contribution in [0.25, 0.3) is 6.08 Å². The summed E-state index contributed by atoms with van der Waals surface area (Å²) in [5.74, 6) is -4.26. The normalized spacial score (nSPS) is 10.7. The van der Waals surface area contributed by atoms with E-state index in [9.17, 15) is 23.5 Å². The summed E-state index contributed by atoms with van der Waals surface area (Å²) in [6.45, 7) is 0. The molecule has 1 N–H and O–H groups in total. The molecule has 0 atom stereocenters. The van der Waals surface area contributed by atoms with Crippen LogP contribution in [0.5, 0.6) is 5.75 Å². The largest absolute Gasteiger partial charge is 0.507 e. The van der Waals surface area contributed by atoms with E-state index >= 15 is 0 Å². The Morgan fingerprint density at radius 3 is 2.30 bits per heavy atom. The fraction of sp³-hybridized carbons (Fsp3) is 0.0588. The van der Waals surface area contributed by atoms with Gasteiger partial charge in [-0.15, -0.1) is 0 Å². The average Bonchev–Trinajstić information content (AvgIpc) is 2.55. The number of rotatable bonds is 4. The Labute approximate surface area is 130 Å². The maximum Gasteiger partial charge on any atom is 0.337 e. The van der Waals surface area contributed by atoms with Crippen molar-refractivity contribution in [2.75, 3.05) is 7.11 Å². The lowest BCUT2D eigenvalue weighted by Gasteiger charge is -2.02. The minimum Gasteiger partial charge on any atom is -0.507 e. The third-order valence-electron chi connectivity index (χ3n) is 3.06. The van der Waals surface area contributed by atoms with Crippen molar-refractivity contribution in [3.63, 3.8) is 0 Å². The molecule has 0 aliphatic heterocycles. The van der Waals surface area contributed by atoms with Gasteiger partial charge >= 0.3 is 5.97 Å². The first-order valence-electron chi connectivity index (χ1n) is 6.51. The number of phenolic OH excluding ortho intramolecular Hbond substituents is 1. The Balaban J connectivity index is 2.18. The molecule has 0 bridgehead atoms. The van der Waals surface area contributed by atoms with Crippen LogP contribution in [0.2, 0.25) is 0 Å². The molecule has 0 unspecified atom stereocenters. The summed E-state index contributed by atoms with van der Waals surface area (Å²) in [6, 6.07) is 7.39. The summed E-state index contributed by atoms with van der Waals surface area (Å²) in [7, 11) is 1.27. The first-order valence-corrected chi connectivity index (χ1v) is 6.51. The van der Waals surface area contributed by atoms with Crippen LogP contribution in [0.3, 0.4) is 0 Å². The molecule has 0 heterocycles. The van der Waals surface area contributed by atoms with Gasteiger partial charge in [-0.2, -0.15) is 0 Å². The molecule has 0 radical (unpaired) electrons. The van der Waals surface area contributed by atoms with E-state index in [1.54, 1.807) is 12.1 Å². The number of aromatic hydroxyl groups is 1. The van der Waals surface area contributed by atoms with Crippen LogP contribution in [0.4, 0.5) is 8.78 Å². The van der Waals surface area contributed by atoms with Crippen LogP contribution in [0.1, 0.15) is 26.3 Å². The SMILES string of the molecule is COC(=O)c1ccc(/C=C/C(=O)c2cc(F)c(F)cc2O)cc1. The highest BCUT2D eigenvalue weighted by Crippen LogP contribution is 2.22. The molecular formula is C17H12F2O4. The first kappa shape index (κ1) is 16.4. The number of benzene rings is 2. The molecule has 2 aromatic carbocycles. The number of hydrogen-bond acceptors (Lipinski definition) is 4. The van der Waals surface area contributed by atoms with E-state index in [1.807, 2.05) is 0 Å². The molecule has 0 spiro atoms. The lowest BCUT2D eigenvalue weighted by atomic mass is 10.1. The molecule has 0 aliphatic carbocycles. The van der Waals surface area contributed by atoms with Crippen molar-refractivity contribution in [2.24, 2.45) is 0 Å². The van der Waals surface area contributed by atoms with Crippen LogP contribution in [0.15, 0.2) is 42.5 Å². The monoisotopic (exact) mass is 318 g/mol. The van der Waals surface area contributed by atoms with Gasteiger partial charge in [0.15, 0.2) is 17.4 Å². The van der Waals surface area contributed by atoms with E-state index in [-0.39, 0.29) is 5.56 Å². The van der Waals surface area contributed by atoms with E-state index < -0.39 is 29.1 Å². The highest BCUT2D eigenvalue weighted by atomic mass is 19.2. The average molecular weight is 318 g/mol. The van der Waals surface area contributed by atoms with Crippen LogP contribution < -0.4 is 0 Å². The smallest absolute Gasteiger partial charge is 0.337 e. The minimum atomic E-state index is -1.23. The second-order valence-corrected chi connectivity index (χ2v) is 4.59. The number of phenols is 1. The van der Waals surface area contributed by atoms with Gasteiger partial charge in [0.2, 0.25) is 0 Å². The van der Waals surface area contributed by atoms with Gasteiger partial charge in [-0.1, -0.05) is 18.2 Å². The number of esters is 1. The molecule has 2 rings (SSSR count). The van der Waals surface area contributed by atoms with Gasteiger partial charge in [-0.05, 0) is 29.8 Å². The van der Waals surface area contributed by atoms with Crippen LogP contribution in [0, 0.1) is 11.6 Å². The van der Waals surface area contributed by atoms with Gasteiger partial charge in [-0.3, -0.25) is 4.79 Å². The fourth-order valence-corrected chi connectivity index (χ4v) is 1.84. The lowest BCUT2D eigenvalue weighted by Crippen LogP contribution is -2.00. The van der Waals surface area contributed by atoms with Crippen molar-refractivity contribution < 1.29 is 28.2 Å². The molecule has 6 heteroatoms. The molecule has 0 aliphatic rings. The first-order chi connectivity index (χ1) is 10.9. The molecule has 4 nitrogen and oxygen atoms in total. The minimum absolute atomic E-state index is 0.341. The van der Waals surface area contributed by atoms with Crippen molar-refractivity contribution in [3.8, 4) is 5.75 Å². The second kappa shape index (κ2) is 6.83. The molecule has 118 valence electrons. The van der Waals surface area contributed by atoms with E-state index in [1.165, 1.54) is 25.3 Å². The topological polar surface area (TPSA) is 63.6 Å². The highest BCUT2D eigenvalue weighted by Gasteiger charge is 2.13. The van der Waals surface area contributed by atoms with E-state index in [0.29, 0.717) is 23.3 Å². The van der Waals surface area contributed by atoms with E-state index in [4.69, 9.17) is 0 Å². The third kappa shape index (κ3) is 3.79. The molecule has 23 heavy (non-hydrogen) atoms. The third-order valence-corrected chi connectivity index (χ3v) is 3.06. The van der Waals surface area contributed by atoms with E-state index in [0.717, 1.165) is 6.08 Å². The number of carbonyl (C=O) groups excluding carboxylic acids is 2. The fourth-order valence-electron chi connectivity index (χ4n) is 1.84. The summed E-state index contributed by atoms with van der Waals surface area (Å²) >= 11 is 0. The van der Waals surface area contributed by atoms with Crippen LogP contribution >= 0.6 is 0 Å². The number of hydrogen-bond donors (Lipinski definition) is 1. The van der Waals surface area contributed by atoms with Crippen molar-refractivity contribution >= 4 is 17.8 Å². The van der Waals surface area contributed by atoms with Gasteiger partial charge in [0, 0.05) is 6.07 Å². The zero-order chi connectivity index (χ0) is 17.0. The van der Waals surface area contributed by atoms with Crippen LogP contribution in [-0.2, 0) is 4.74 Å². The molecular weight excluding hydrogens is 306 g/mol. The number of halogens is 2. The van der Waals surface area contributed by atoms with Gasteiger partial charge in [0.1, 0.15) is 5.75 Å². The lowest BCUT2D eigenvalue weighted by molar-refractivity contribution is 0.0600. The van der Waals surface area contributed by atoms with Gasteiger partial charge in [0.05, 0.1) is 18.2 Å². The molecule has 0 fully saturated rings. The van der Waals surface area contributed by atoms with Crippen molar-refractivity contribution in [3.05, 3.63) is 70.8 Å². The Kier molecular flexibility index (Phi) is 4.85. The Morgan fingerprint density at radius 1 is 1.09 bits per heavy atom. The Morgan fingerprint density at radius 2 is 1.70 bits per heavy atom. The van der Waals surface area contributed by atoms with Gasteiger partial charge < -0.3 is 9.84 Å². The number of ketones is 1. The number of carbonyl (C=O) groups is 2. The zero-order valence-electron chi connectivity index (χ0n) is 12.0. The van der Waals surface area contributed by atoms with Gasteiger partial charge in [0.25, 0.3) is 0 Å². The molecule has 0 saturated carbocycles. The number of ether oxygens (including phenoxy) is 1. The predicted octanol–water partition coefficient (Wildman–Crippen LogP) is 3.35. The number of methoxy groups -OCH3 is 1. The predicted molar refractivity (Wildman–Crippen MR) is 79.2 cm³/mol. The Bertz CT molecular complexity index is 780. The van der Waals surface area contributed by atoms with Crippen LogP contribution in [-0.4, -0.2) is 24.0 Å². The molecule has 0 amide bonds. The molecule has 0 saturated heterocycles. The summed E-state index contributed by atoms with van der Waals surface area (Å²) in [5, 5.41) is 9.50. The standard InChI is InChI=1S/C17H12F2O4/c1-23-17(22)11-5-2-10(3-6-11)4-7-15(20)12-8-13(18)14(19)9-16(12)21/h2-9,21H,1H3/b7-4+. The summed E-state index contributed by atoms with van der Waals surface area (Å²) in [6.07, 6.45) is 2.53. The highest BCUT2D eigenvalue weighted by molar-refractivity contribution is 6.08.